The zero-order valence-electron chi connectivity index (χ0n) is 10.5. The van der Waals surface area contributed by atoms with E-state index in [1.807, 2.05) is 35.2 Å². The third-order valence-corrected chi connectivity index (χ3v) is 3.67. The first-order valence-corrected chi connectivity index (χ1v) is 6.86. The number of fused-ring (bicyclic) bond motifs is 1. The van der Waals surface area contributed by atoms with E-state index in [-0.39, 0.29) is 5.91 Å². The van der Waals surface area contributed by atoms with E-state index in [4.69, 9.17) is 0 Å². The molecule has 0 saturated heterocycles. The maximum absolute atomic E-state index is 11.8. The topological polar surface area (TPSA) is 32.3 Å². The monoisotopic (exact) mass is 316 g/mol. The van der Waals surface area contributed by atoms with Crippen LogP contribution in [-0.4, -0.2) is 12.5 Å². The molecule has 0 spiro atoms. The average Bonchev–Trinajstić information content (AvgIpc) is 2.39. The Labute approximate surface area is 120 Å². The van der Waals surface area contributed by atoms with E-state index in [9.17, 15) is 4.79 Å². The van der Waals surface area contributed by atoms with Crippen LogP contribution in [0.25, 0.3) is 0 Å². The molecule has 19 heavy (non-hydrogen) atoms. The Balaban J connectivity index is 2.09. The number of hydrogen-bond donors (Lipinski definition) is 1. The van der Waals surface area contributed by atoms with Crippen LogP contribution in [0.15, 0.2) is 46.9 Å². The zero-order chi connectivity index (χ0) is 13.4. The normalized spacial score (nSPS) is 14.0. The first-order valence-electron chi connectivity index (χ1n) is 6.07. The molecular weight excluding hydrogens is 304 g/mol. The summed E-state index contributed by atoms with van der Waals surface area (Å²) < 4.78 is 1.000. The number of amides is 1. The van der Waals surface area contributed by atoms with Crippen molar-refractivity contribution in [1.29, 1.82) is 0 Å². The molecule has 0 fully saturated rings. The smallest absolute Gasteiger partial charge is 0.244 e. The zero-order valence-corrected chi connectivity index (χ0v) is 12.1. The molecule has 0 aliphatic carbocycles. The number of carbonyl (C=O) groups is 1. The van der Waals surface area contributed by atoms with Gasteiger partial charge in [0.15, 0.2) is 0 Å². The highest BCUT2D eigenvalue weighted by Gasteiger charge is 2.23. The Morgan fingerprint density at radius 3 is 2.63 bits per heavy atom. The van der Waals surface area contributed by atoms with E-state index in [1.165, 1.54) is 5.56 Å². The predicted molar refractivity (Wildman–Crippen MR) is 81.0 cm³/mol. The van der Waals surface area contributed by atoms with Crippen LogP contribution >= 0.6 is 15.9 Å². The Morgan fingerprint density at radius 1 is 1.16 bits per heavy atom. The molecule has 1 N–H and O–H groups in total. The fraction of sp³-hybridized carbons (Fsp3) is 0.133. The lowest BCUT2D eigenvalue weighted by molar-refractivity contribution is -0.115. The molecule has 96 valence electrons. The summed E-state index contributed by atoms with van der Waals surface area (Å²) in [6.45, 7) is 2.39. The molecule has 4 heteroatoms. The molecular formula is C15H13BrN2O. The fourth-order valence-corrected chi connectivity index (χ4v) is 2.56. The van der Waals surface area contributed by atoms with Gasteiger partial charge in [-0.1, -0.05) is 33.6 Å². The molecule has 0 aromatic heterocycles. The van der Waals surface area contributed by atoms with E-state index in [0.717, 1.165) is 21.5 Å². The maximum atomic E-state index is 11.8. The van der Waals surface area contributed by atoms with Crippen molar-refractivity contribution in [3.8, 4) is 0 Å². The van der Waals surface area contributed by atoms with E-state index in [1.54, 1.807) is 0 Å². The predicted octanol–water partition coefficient (Wildman–Crippen LogP) is 3.85. The molecule has 0 unspecified atom stereocenters. The molecule has 1 aliphatic rings. The van der Waals surface area contributed by atoms with Gasteiger partial charge in [0.05, 0.1) is 11.4 Å². The molecule has 0 atom stereocenters. The SMILES string of the molecule is Cc1ccc(N2CC(=O)Nc3ccc(Br)cc32)cc1. The lowest BCUT2D eigenvalue weighted by Crippen LogP contribution is -2.34. The van der Waals surface area contributed by atoms with Crippen LogP contribution in [0.3, 0.4) is 0 Å². The average molecular weight is 317 g/mol. The van der Waals surface area contributed by atoms with Crippen molar-refractivity contribution in [3.63, 3.8) is 0 Å². The maximum Gasteiger partial charge on any atom is 0.244 e. The molecule has 3 rings (SSSR count). The van der Waals surface area contributed by atoms with Crippen molar-refractivity contribution in [3.05, 3.63) is 52.5 Å². The molecule has 0 radical (unpaired) electrons. The number of nitrogens with zero attached hydrogens (tertiary/aromatic N) is 1. The van der Waals surface area contributed by atoms with Gasteiger partial charge >= 0.3 is 0 Å². The summed E-state index contributed by atoms with van der Waals surface area (Å²) >= 11 is 3.48. The van der Waals surface area contributed by atoms with Crippen molar-refractivity contribution in [2.45, 2.75) is 6.92 Å². The summed E-state index contributed by atoms with van der Waals surface area (Å²) in [7, 11) is 0. The minimum atomic E-state index is 0.00963. The quantitative estimate of drug-likeness (QED) is 0.866. The van der Waals surface area contributed by atoms with Gasteiger partial charge in [-0.2, -0.15) is 0 Å². The summed E-state index contributed by atoms with van der Waals surface area (Å²) in [4.78, 5) is 13.8. The highest BCUT2D eigenvalue weighted by Crippen LogP contribution is 2.36. The van der Waals surface area contributed by atoms with Crippen molar-refractivity contribution >= 4 is 38.9 Å². The highest BCUT2D eigenvalue weighted by atomic mass is 79.9. The fourth-order valence-electron chi connectivity index (χ4n) is 2.21. The Kier molecular flexibility index (Phi) is 3.03. The molecule has 0 bridgehead atoms. The third kappa shape index (κ3) is 2.36. The van der Waals surface area contributed by atoms with Gasteiger partial charge in [-0.05, 0) is 37.3 Å². The van der Waals surface area contributed by atoms with Crippen LogP contribution in [0.4, 0.5) is 17.1 Å². The summed E-state index contributed by atoms with van der Waals surface area (Å²) in [5.74, 6) is 0.00963. The van der Waals surface area contributed by atoms with Gasteiger partial charge in [-0.3, -0.25) is 4.79 Å². The van der Waals surface area contributed by atoms with Gasteiger partial charge in [-0.15, -0.1) is 0 Å². The molecule has 2 aromatic rings. The van der Waals surface area contributed by atoms with Crippen LogP contribution < -0.4 is 10.2 Å². The highest BCUT2D eigenvalue weighted by molar-refractivity contribution is 9.10. The summed E-state index contributed by atoms with van der Waals surface area (Å²) in [6.07, 6.45) is 0. The molecule has 2 aromatic carbocycles. The number of anilines is 3. The van der Waals surface area contributed by atoms with Crippen LogP contribution in [0.1, 0.15) is 5.56 Å². The minimum absolute atomic E-state index is 0.00963. The van der Waals surface area contributed by atoms with Crippen LogP contribution in [-0.2, 0) is 4.79 Å². The number of benzene rings is 2. The Morgan fingerprint density at radius 2 is 1.89 bits per heavy atom. The van der Waals surface area contributed by atoms with Crippen molar-refractivity contribution < 1.29 is 4.79 Å². The number of aryl methyl sites for hydroxylation is 1. The second-order valence-electron chi connectivity index (χ2n) is 4.63. The van der Waals surface area contributed by atoms with Crippen molar-refractivity contribution in [2.24, 2.45) is 0 Å². The Hall–Kier alpha value is -1.81. The van der Waals surface area contributed by atoms with Gasteiger partial charge < -0.3 is 10.2 Å². The van der Waals surface area contributed by atoms with Crippen LogP contribution in [0, 0.1) is 6.92 Å². The van der Waals surface area contributed by atoms with Crippen LogP contribution in [0.2, 0.25) is 0 Å². The molecule has 3 nitrogen and oxygen atoms in total. The first-order chi connectivity index (χ1) is 9.13. The number of halogens is 1. The lowest BCUT2D eigenvalue weighted by Gasteiger charge is -2.31. The van der Waals surface area contributed by atoms with Crippen molar-refractivity contribution in [2.75, 3.05) is 16.8 Å². The van der Waals surface area contributed by atoms with Gasteiger partial charge in [0, 0.05) is 10.2 Å². The van der Waals surface area contributed by atoms with Gasteiger partial charge in [-0.25, -0.2) is 0 Å². The summed E-state index contributed by atoms with van der Waals surface area (Å²) in [5, 5.41) is 2.90. The number of hydrogen-bond acceptors (Lipinski definition) is 2. The van der Waals surface area contributed by atoms with E-state index in [2.05, 4.69) is 40.3 Å². The van der Waals surface area contributed by atoms with E-state index in [0.29, 0.717) is 6.54 Å². The molecule has 0 saturated carbocycles. The standard InChI is InChI=1S/C15H13BrN2O/c1-10-2-5-12(6-3-10)18-9-15(19)17-13-7-4-11(16)8-14(13)18/h2-8H,9H2,1H3,(H,17,19). The van der Waals surface area contributed by atoms with E-state index < -0.39 is 0 Å². The second kappa shape index (κ2) is 4.70. The molecule has 1 amide bonds. The summed E-state index contributed by atoms with van der Waals surface area (Å²) in [5.41, 5.74) is 4.09. The number of rotatable bonds is 1. The largest absolute Gasteiger partial charge is 0.330 e. The minimum Gasteiger partial charge on any atom is -0.330 e. The Bertz CT molecular complexity index is 637. The molecule has 1 aliphatic heterocycles. The van der Waals surface area contributed by atoms with E-state index >= 15 is 0 Å². The van der Waals surface area contributed by atoms with Crippen molar-refractivity contribution in [1.82, 2.24) is 0 Å². The van der Waals surface area contributed by atoms with Gasteiger partial charge in [0.25, 0.3) is 0 Å². The lowest BCUT2D eigenvalue weighted by atomic mass is 10.1. The molecule has 1 heterocycles. The first kappa shape index (κ1) is 12.2. The van der Waals surface area contributed by atoms with Gasteiger partial charge in [0.1, 0.15) is 6.54 Å². The number of nitrogens with one attached hydrogen (secondary N) is 1. The summed E-state index contributed by atoms with van der Waals surface area (Å²) in [6, 6.07) is 14.1. The third-order valence-electron chi connectivity index (χ3n) is 3.17. The van der Waals surface area contributed by atoms with Gasteiger partial charge in [0.2, 0.25) is 5.91 Å². The second-order valence-corrected chi connectivity index (χ2v) is 5.55. The number of carbonyl (C=O) groups excluding carboxylic acids is 1. The van der Waals surface area contributed by atoms with Crippen LogP contribution in [0.5, 0.6) is 0 Å².